The first-order chi connectivity index (χ1) is 8.53. The van der Waals surface area contributed by atoms with Gasteiger partial charge in [0.1, 0.15) is 0 Å². The lowest BCUT2D eigenvalue weighted by molar-refractivity contribution is -0.144. The SMILES string of the molecule is CCOC(=O)CC1CC2CCCCC2[Si](C)(C)C1. The van der Waals surface area contributed by atoms with Crippen LogP contribution in [0.5, 0.6) is 0 Å². The van der Waals surface area contributed by atoms with E-state index in [2.05, 4.69) is 13.1 Å². The average molecular weight is 268 g/mol. The molecule has 2 aliphatic rings. The van der Waals surface area contributed by atoms with Crippen molar-refractivity contribution in [1.29, 1.82) is 0 Å². The maximum Gasteiger partial charge on any atom is 0.306 e. The summed E-state index contributed by atoms with van der Waals surface area (Å²) in [4.78, 5) is 11.7. The summed E-state index contributed by atoms with van der Waals surface area (Å²) in [7, 11) is -1.11. The van der Waals surface area contributed by atoms with Crippen LogP contribution in [0.25, 0.3) is 0 Å². The van der Waals surface area contributed by atoms with E-state index in [1.165, 1.54) is 38.1 Å². The Labute approximate surface area is 112 Å². The molecule has 0 amide bonds. The zero-order valence-corrected chi connectivity index (χ0v) is 13.2. The molecule has 2 rings (SSSR count). The Morgan fingerprint density at radius 2 is 2.00 bits per heavy atom. The topological polar surface area (TPSA) is 26.3 Å². The maximum atomic E-state index is 11.7. The van der Waals surface area contributed by atoms with E-state index in [0.717, 1.165) is 11.5 Å². The number of fused-ring (bicyclic) bond motifs is 1. The summed E-state index contributed by atoms with van der Waals surface area (Å²) in [5.41, 5.74) is 1.03. The Bertz CT molecular complexity index is 301. The van der Waals surface area contributed by atoms with Crippen molar-refractivity contribution in [2.24, 2.45) is 11.8 Å². The predicted molar refractivity (Wildman–Crippen MR) is 77.4 cm³/mol. The minimum absolute atomic E-state index is 0.0292. The summed E-state index contributed by atoms with van der Waals surface area (Å²) in [6.07, 6.45) is 7.71. The third-order valence-corrected chi connectivity index (χ3v) is 9.52. The zero-order chi connectivity index (χ0) is 13.2. The Balaban J connectivity index is 1.97. The molecule has 1 heterocycles. The Morgan fingerprint density at radius 1 is 1.28 bits per heavy atom. The lowest BCUT2D eigenvalue weighted by Crippen LogP contribution is -2.45. The van der Waals surface area contributed by atoms with E-state index in [9.17, 15) is 4.79 Å². The Kier molecular flexibility index (Phi) is 4.52. The molecule has 2 fully saturated rings. The molecule has 0 aromatic carbocycles. The van der Waals surface area contributed by atoms with Crippen LogP contribution in [-0.2, 0) is 9.53 Å². The Morgan fingerprint density at radius 3 is 2.72 bits per heavy atom. The van der Waals surface area contributed by atoms with Gasteiger partial charge in [-0.1, -0.05) is 44.8 Å². The molecule has 0 aromatic heterocycles. The summed E-state index contributed by atoms with van der Waals surface area (Å²) in [5, 5.41) is 0. The van der Waals surface area contributed by atoms with E-state index < -0.39 is 8.07 Å². The molecule has 0 spiro atoms. The van der Waals surface area contributed by atoms with Crippen LogP contribution >= 0.6 is 0 Å². The fourth-order valence-electron chi connectivity index (χ4n) is 4.54. The van der Waals surface area contributed by atoms with Gasteiger partial charge in [-0.25, -0.2) is 0 Å². The lowest BCUT2D eigenvalue weighted by atomic mass is 9.81. The van der Waals surface area contributed by atoms with Crippen LogP contribution in [0, 0.1) is 11.8 Å². The number of carbonyl (C=O) groups is 1. The molecular formula is C15H28O2Si. The smallest absolute Gasteiger partial charge is 0.306 e. The van der Waals surface area contributed by atoms with Crippen LogP contribution in [0.1, 0.15) is 45.4 Å². The fourth-order valence-corrected chi connectivity index (χ4v) is 9.20. The van der Waals surface area contributed by atoms with Gasteiger partial charge in [0.2, 0.25) is 0 Å². The molecule has 1 aliphatic carbocycles. The largest absolute Gasteiger partial charge is 0.466 e. The van der Waals surface area contributed by atoms with Crippen LogP contribution in [0.15, 0.2) is 0 Å². The summed E-state index contributed by atoms with van der Waals surface area (Å²) in [6.45, 7) is 7.52. The number of carbonyl (C=O) groups excluding carboxylic acids is 1. The van der Waals surface area contributed by atoms with Crippen LogP contribution in [0.2, 0.25) is 24.7 Å². The van der Waals surface area contributed by atoms with Gasteiger partial charge in [-0.05, 0) is 30.7 Å². The minimum atomic E-state index is -1.11. The molecule has 0 bridgehead atoms. The van der Waals surface area contributed by atoms with E-state index in [1.54, 1.807) is 0 Å². The lowest BCUT2D eigenvalue weighted by Gasteiger charge is -2.48. The van der Waals surface area contributed by atoms with Crippen LogP contribution in [0.3, 0.4) is 0 Å². The Hall–Kier alpha value is -0.313. The number of hydrogen-bond acceptors (Lipinski definition) is 2. The van der Waals surface area contributed by atoms with Crippen LogP contribution in [-0.4, -0.2) is 20.7 Å². The zero-order valence-electron chi connectivity index (χ0n) is 12.2. The van der Waals surface area contributed by atoms with Crippen molar-refractivity contribution in [3.8, 4) is 0 Å². The molecule has 3 atom stereocenters. The molecule has 0 N–H and O–H groups in total. The van der Waals surface area contributed by atoms with E-state index in [1.807, 2.05) is 6.92 Å². The monoisotopic (exact) mass is 268 g/mol. The van der Waals surface area contributed by atoms with E-state index in [4.69, 9.17) is 4.74 Å². The van der Waals surface area contributed by atoms with Gasteiger partial charge in [0.15, 0.2) is 0 Å². The summed E-state index contributed by atoms with van der Waals surface area (Å²) < 4.78 is 5.13. The third-order valence-electron chi connectivity index (χ3n) is 5.12. The van der Waals surface area contributed by atoms with Gasteiger partial charge in [-0.2, -0.15) is 0 Å². The van der Waals surface area contributed by atoms with Gasteiger partial charge in [0.25, 0.3) is 0 Å². The molecule has 18 heavy (non-hydrogen) atoms. The molecular weight excluding hydrogens is 240 g/mol. The maximum absolute atomic E-state index is 11.7. The number of ether oxygens (including phenoxy) is 1. The van der Waals surface area contributed by atoms with Crippen molar-refractivity contribution in [3.63, 3.8) is 0 Å². The molecule has 104 valence electrons. The average Bonchev–Trinajstić information content (AvgIpc) is 2.28. The highest BCUT2D eigenvalue weighted by Crippen LogP contribution is 2.52. The highest BCUT2D eigenvalue weighted by Gasteiger charge is 2.45. The first-order valence-electron chi connectivity index (χ1n) is 7.68. The van der Waals surface area contributed by atoms with Crippen molar-refractivity contribution < 1.29 is 9.53 Å². The second-order valence-electron chi connectivity index (χ2n) is 6.95. The second-order valence-corrected chi connectivity index (χ2v) is 12.1. The second kappa shape index (κ2) is 5.77. The van der Waals surface area contributed by atoms with Gasteiger partial charge in [-0.15, -0.1) is 0 Å². The van der Waals surface area contributed by atoms with Crippen LogP contribution in [0.4, 0.5) is 0 Å². The van der Waals surface area contributed by atoms with Gasteiger partial charge in [0, 0.05) is 6.42 Å². The van der Waals surface area contributed by atoms with Gasteiger partial charge >= 0.3 is 5.97 Å². The molecule has 0 radical (unpaired) electrons. The minimum Gasteiger partial charge on any atom is -0.466 e. The summed E-state index contributed by atoms with van der Waals surface area (Å²) in [6, 6.07) is 1.34. The predicted octanol–water partition coefficient (Wildman–Crippen LogP) is 4.23. The first kappa shape index (κ1) is 14.1. The summed E-state index contributed by atoms with van der Waals surface area (Å²) >= 11 is 0. The fraction of sp³-hybridized carbons (Fsp3) is 0.933. The van der Waals surface area contributed by atoms with Gasteiger partial charge in [-0.3, -0.25) is 4.79 Å². The van der Waals surface area contributed by atoms with Crippen molar-refractivity contribution >= 4 is 14.0 Å². The number of rotatable bonds is 3. The summed E-state index contributed by atoms with van der Waals surface area (Å²) in [5.74, 6) is 1.57. The highest BCUT2D eigenvalue weighted by molar-refractivity contribution is 6.79. The molecule has 1 saturated heterocycles. The molecule has 3 unspecified atom stereocenters. The molecule has 1 saturated carbocycles. The quantitative estimate of drug-likeness (QED) is 0.565. The van der Waals surface area contributed by atoms with Gasteiger partial charge in [0.05, 0.1) is 14.7 Å². The molecule has 0 aromatic rings. The van der Waals surface area contributed by atoms with E-state index in [0.29, 0.717) is 18.9 Å². The number of hydrogen-bond donors (Lipinski definition) is 0. The normalized spacial score (nSPS) is 34.7. The number of esters is 1. The van der Waals surface area contributed by atoms with Gasteiger partial charge < -0.3 is 4.74 Å². The third kappa shape index (κ3) is 3.17. The molecule has 3 heteroatoms. The van der Waals surface area contributed by atoms with E-state index >= 15 is 0 Å². The van der Waals surface area contributed by atoms with Crippen molar-refractivity contribution in [1.82, 2.24) is 0 Å². The van der Waals surface area contributed by atoms with Crippen molar-refractivity contribution in [2.45, 2.75) is 70.1 Å². The molecule has 1 aliphatic heterocycles. The highest BCUT2D eigenvalue weighted by atomic mass is 28.3. The molecule has 2 nitrogen and oxygen atoms in total. The van der Waals surface area contributed by atoms with Crippen molar-refractivity contribution in [2.75, 3.05) is 6.61 Å². The van der Waals surface area contributed by atoms with Crippen molar-refractivity contribution in [3.05, 3.63) is 0 Å². The van der Waals surface area contributed by atoms with Crippen LogP contribution < -0.4 is 0 Å². The van der Waals surface area contributed by atoms with E-state index in [-0.39, 0.29) is 5.97 Å². The first-order valence-corrected chi connectivity index (χ1v) is 11.0. The standard InChI is InChI=1S/C15H28O2Si/c1-4-17-15(16)10-12-9-13-7-5-6-8-14(13)18(2,3)11-12/h12-14H,4-11H2,1-3H3.